The molecule has 2 N–H and O–H groups in total. The third kappa shape index (κ3) is 2.56. The topological polar surface area (TPSA) is 52.5 Å². The first-order chi connectivity index (χ1) is 8.76. The molecule has 0 amide bonds. The van der Waals surface area contributed by atoms with Crippen LogP contribution in [0.5, 0.6) is 5.75 Å². The number of imidazole rings is 1. The molecule has 2 heterocycles. The van der Waals surface area contributed by atoms with Gasteiger partial charge in [0.25, 0.3) is 0 Å². The predicted molar refractivity (Wildman–Crippen MR) is 81.9 cm³/mol. The van der Waals surface area contributed by atoms with Crippen LogP contribution in [0.3, 0.4) is 0 Å². The van der Waals surface area contributed by atoms with Gasteiger partial charge in [-0.2, -0.15) is 0 Å². The molecule has 0 aliphatic rings. The molecule has 0 spiro atoms. The van der Waals surface area contributed by atoms with Gasteiger partial charge in [0.1, 0.15) is 11.4 Å². The minimum atomic E-state index is 0. The quantitative estimate of drug-likeness (QED) is 0.789. The van der Waals surface area contributed by atoms with Gasteiger partial charge in [-0.25, -0.2) is 4.98 Å². The lowest BCUT2D eigenvalue weighted by Gasteiger charge is -1.99. The number of methoxy groups -OCH3 is 1. The summed E-state index contributed by atoms with van der Waals surface area (Å²) >= 11 is 0. The van der Waals surface area contributed by atoms with Crippen LogP contribution >= 0.6 is 17.0 Å². The SMILES string of the molecule is Br.COc1ccc(-c2cn3ccc(N)cc3n2)cc1. The molecule has 0 bridgehead atoms. The van der Waals surface area contributed by atoms with E-state index in [4.69, 9.17) is 10.5 Å². The van der Waals surface area contributed by atoms with Crippen molar-refractivity contribution in [1.82, 2.24) is 9.38 Å². The van der Waals surface area contributed by atoms with Gasteiger partial charge < -0.3 is 14.9 Å². The summed E-state index contributed by atoms with van der Waals surface area (Å²) in [6, 6.07) is 11.5. The maximum atomic E-state index is 5.74. The van der Waals surface area contributed by atoms with E-state index in [2.05, 4.69) is 4.98 Å². The summed E-state index contributed by atoms with van der Waals surface area (Å²) in [5.74, 6) is 0.840. The van der Waals surface area contributed by atoms with Crippen LogP contribution in [0.25, 0.3) is 16.9 Å². The van der Waals surface area contributed by atoms with E-state index in [1.54, 1.807) is 7.11 Å². The molecular weight excluding hydrogens is 306 g/mol. The van der Waals surface area contributed by atoms with Crippen LogP contribution in [0.15, 0.2) is 48.8 Å². The van der Waals surface area contributed by atoms with Crippen molar-refractivity contribution in [3.8, 4) is 17.0 Å². The molecule has 4 nitrogen and oxygen atoms in total. The lowest BCUT2D eigenvalue weighted by molar-refractivity contribution is 0.415. The molecule has 0 aliphatic heterocycles. The monoisotopic (exact) mass is 319 g/mol. The van der Waals surface area contributed by atoms with Gasteiger partial charge in [-0.05, 0) is 30.3 Å². The molecule has 1 aromatic carbocycles. The number of aromatic nitrogens is 2. The Morgan fingerprint density at radius 1 is 1.16 bits per heavy atom. The Bertz CT molecular complexity index is 691. The zero-order valence-electron chi connectivity index (χ0n) is 10.4. The van der Waals surface area contributed by atoms with E-state index in [0.717, 1.165) is 28.3 Å². The van der Waals surface area contributed by atoms with Crippen molar-refractivity contribution in [2.75, 3.05) is 12.8 Å². The molecule has 3 aromatic rings. The zero-order chi connectivity index (χ0) is 12.5. The van der Waals surface area contributed by atoms with Crippen molar-refractivity contribution in [3.63, 3.8) is 0 Å². The maximum absolute atomic E-state index is 5.74. The van der Waals surface area contributed by atoms with E-state index in [1.807, 2.05) is 53.2 Å². The van der Waals surface area contributed by atoms with Crippen LogP contribution < -0.4 is 10.5 Å². The molecule has 19 heavy (non-hydrogen) atoms. The third-order valence-electron chi connectivity index (χ3n) is 2.87. The van der Waals surface area contributed by atoms with Crippen LogP contribution in [0.1, 0.15) is 0 Å². The summed E-state index contributed by atoms with van der Waals surface area (Å²) in [5, 5.41) is 0. The molecule has 98 valence electrons. The van der Waals surface area contributed by atoms with Gasteiger partial charge in [-0.1, -0.05) is 0 Å². The summed E-state index contributed by atoms with van der Waals surface area (Å²) in [6.45, 7) is 0. The predicted octanol–water partition coefficient (Wildman–Crippen LogP) is 3.17. The number of hydrogen-bond donors (Lipinski definition) is 1. The Kier molecular flexibility index (Phi) is 3.76. The van der Waals surface area contributed by atoms with Gasteiger partial charge in [0.05, 0.1) is 12.8 Å². The number of halogens is 1. The first kappa shape index (κ1) is 13.4. The highest BCUT2D eigenvalue weighted by atomic mass is 79.9. The number of ether oxygens (including phenoxy) is 1. The fourth-order valence-corrected chi connectivity index (χ4v) is 1.90. The van der Waals surface area contributed by atoms with Gasteiger partial charge in [0.2, 0.25) is 0 Å². The number of nitrogen functional groups attached to an aromatic ring is 1. The van der Waals surface area contributed by atoms with Crippen LogP contribution in [-0.4, -0.2) is 16.5 Å². The highest BCUT2D eigenvalue weighted by Gasteiger charge is 2.04. The number of fused-ring (bicyclic) bond motifs is 1. The van der Waals surface area contributed by atoms with E-state index < -0.39 is 0 Å². The second-order valence-electron chi connectivity index (χ2n) is 4.08. The molecule has 5 heteroatoms. The Hall–Kier alpha value is -2.01. The molecule has 0 unspecified atom stereocenters. The van der Waals surface area contributed by atoms with Crippen molar-refractivity contribution >= 4 is 28.3 Å². The minimum absolute atomic E-state index is 0. The van der Waals surface area contributed by atoms with E-state index in [1.165, 1.54) is 0 Å². The average Bonchev–Trinajstić information content (AvgIpc) is 2.81. The summed E-state index contributed by atoms with van der Waals surface area (Å²) in [6.07, 6.45) is 3.89. The fraction of sp³-hybridized carbons (Fsp3) is 0.0714. The Morgan fingerprint density at radius 2 is 1.89 bits per heavy atom. The Balaban J connectivity index is 0.00000133. The number of nitrogens with zero attached hydrogens (tertiary/aromatic N) is 2. The molecule has 3 rings (SSSR count). The second kappa shape index (κ2) is 5.32. The number of benzene rings is 1. The van der Waals surface area contributed by atoms with Gasteiger partial charge in [-0.15, -0.1) is 17.0 Å². The average molecular weight is 320 g/mol. The zero-order valence-corrected chi connectivity index (χ0v) is 12.1. The van der Waals surface area contributed by atoms with Crippen LogP contribution in [-0.2, 0) is 0 Å². The van der Waals surface area contributed by atoms with Gasteiger partial charge in [0, 0.05) is 29.7 Å². The van der Waals surface area contributed by atoms with E-state index in [0.29, 0.717) is 0 Å². The van der Waals surface area contributed by atoms with Gasteiger partial charge in [-0.3, -0.25) is 0 Å². The highest BCUT2D eigenvalue weighted by Crippen LogP contribution is 2.22. The molecule has 2 aromatic heterocycles. The van der Waals surface area contributed by atoms with E-state index >= 15 is 0 Å². The molecule has 0 aliphatic carbocycles. The minimum Gasteiger partial charge on any atom is -0.497 e. The number of hydrogen-bond acceptors (Lipinski definition) is 3. The van der Waals surface area contributed by atoms with Crippen LogP contribution in [0, 0.1) is 0 Å². The van der Waals surface area contributed by atoms with Crippen molar-refractivity contribution in [1.29, 1.82) is 0 Å². The second-order valence-corrected chi connectivity index (χ2v) is 4.08. The lowest BCUT2D eigenvalue weighted by atomic mass is 10.2. The number of nitrogens with two attached hydrogens (primary N) is 1. The molecular formula is C14H14BrN3O. The highest BCUT2D eigenvalue weighted by molar-refractivity contribution is 8.93. The first-order valence-electron chi connectivity index (χ1n) is 5.65. The molecule has 0 saturated carbocycles. The van der Waals surface area contributed by atoms with E-state index in [9.17, 15) is 0 Å². The third-order valence-corrected chi connectivity index (χ3v) is 2.87. The van der Waals surface area contributed by atoms with Crippen molar-refractivity contribution < 1.29 is 4.74 Å². The van der Waals surface area contributed by atoms with E-state index in [-0.39, 0.29) is 17.0 Å². The smallest absolute Gasteiger partial charge is 0.139 e. The van der Waals surface area contributed by atoms with Gasteiger partial charge >= 0.3 is 0 Å². The number of pyridine rings is 1. The summed E-state index contributed by atoms with van der Waals surface area (Å²) in [7, 11) is 1.66. The van der Waals surface area contributed by atoms with Crippen molar-refractivity contribution in [3.05, 3.63) is 48.8 Å². The molecule has 0 atom stereocenters. The van der Waals surface area contributed by atoms with Crippen LogP contribution in [0.4, 0.5) is 5.69 Å². The lowest BCUT2D eigenvalue weighted by Crippen LogP contribution is -1.87. The van der Waals surface area contributed by atoms with Crippen molar-refractivity contribution in [2.45, 2.75) is 0 Å². The largest absolute Gasteiger partial charge is 0.497 e. The Labute approximate surface area is 121 Å². The Morgan fingerprint density at radius 3 is 2.58 bits per heavy atom. The standard InChI is InChI=1S/C14H13N3O.BrH/c1-18-12-4-2-10(3-5-12)13-9-17-7-6-11(15)8-14(17)16-13;/h2-9H,15H2,1H3;1H. The maximum Gasteiger partial charge on any atom is 0.139 e. The van der Waals surface area contributed by atoms with Crippen molar-refractivity contribution in [2.24, 2.45) is 0 Å². The fourth-order valence-electron chi connectivity index (χ4n) is 1.90. The number of anilines is 1. The normalized spacial score (nSPS) is 10.2. The molecule has 0 radical (unpaired) electrons. The van der Waals surface area contributed by atoms with Gasteiger partial charge in [0.15, 0.2) is 0 Å². The summed E-state index contributed by atoms with van der Waals surface area (Å²) in [4.78, 5) is 4.54. The van der Waals surface area contributed by atoms with Crippen LogP contribution in [0.2, 0.25) is 0 Å². The number of rotatable bonds is 2. The molecule has 0 fully saturated rings. The first-order valence-corrected chi connectivity index (χ1v) is 5.65. The summed E-state index contributed by atoms with van der Waals surface area (Å²) < 4.78 is 7.09. The molecule has 0 saturated heterocycles. The summed E-state index contributed by atoms with van der Waals surface area (Å²) in [5.41, 5.74) is 9.28.